The SMILES string of the molecule is CC1CN(c2cccc(N)c2[N+](=O)[O-])C(C)CO1. The smallest absolute Gasteiger partial charge is 0.315 e. The molecule has 1 aromatic carbocycles. The molecule has 0 bridgehead atoms. The Morgan fingerprint density at radius 3 is 2.89 bits per heavy atom. The molecule has 6 nitrogen and oxygen atoms in total. The molecule has 0 aromatic heterocycles. The second kappa shape index (κ2) is 4.81. The molecular weight excluding hydrogens is 234 g/mol. The first-order valence-corrected chi connectivity index (χ1v) is 5.92. The van der Waals surface area contributed by atoms with Crippen LogP contribution in [0.25, 0.3) is 0 Å². The van der Waals surface area contributed by atoms with E-state index in [-0.39, 0.29) is 23.5 Å². The summed E-state index contributed by atoms with van der Waals surface area (Å²) in [6, 6.07) is 5.13. The first kappa shape index (κ1) is 12.6. The number of hydrogen-bond donors (Lipinski definition) is 1. The molecule has 98 valence electrons. The minimum atomic E-state index is -0.419. The molecule has 1 aromatic rings. The van der Waals surface area contributed by atoms with Gasteiger partial charge in [0.05, 0.1) is 17.6 Å². The summed E-state index contributed by atoms with van der Waals surface area (Å²) in [7, 11) is 0. The molecule has 2 N–H and O–H groups in total. The molecule has 6 heteroatoms. The highest BCUT2D eigenvalue weighted by Crippen LogP contribution is 2.35. The standard InChI is InChI=1S/C12H17N3O3/c1-8-7-18-9(2)6-14(8)11-5-3-4-10(13)12(11)15(16)17/h3-5,8-9H,6-7,13H2,1-2H3. The van der Waals surface area contributed by atoms with E-state index in [4.69, 9.17) is 10.5 Å². The third-order valence-corrected chi connectivity index (χ3v) is 3.15. The number of nitrogens with zero attached hydrogens (tertiary/aromatic N) is 2. The van der Waals surface area contributed by atoms with Crippen molar-refractivity contribution in [2.45, 2.75) is 26.0 Å². The summed E-state index contributed by atoms with van der Waals surface area (Å²) < 4.78 is 5.53. The van der Waals surface area contributed by atoms with Crippen molar-refractivity contribution in [2.24, 2.45) is 0 Å². The molecule has 1 heterocycles. The van der Waals surface area contributed by atoms with Crippen LogP contribution in [0, 0.1) is 10.1 Å². The lowest BCUT2D eigenvalue weighted by atomic mass is 10.1. The van der Waals surface area contributed by atoms with Gasteiger partial charge < -0.3 is 15.4 Å². The number of ether oxygens (including phenoxy) is 1. The molecule has 0 radical (unpaired) electrons. The van der Waals surface area contributed by atoms with Crippen molar-refractivity contribution >= 4 is 17.1 Å². The highest BCUT2D eigenvalue weighted by molar-refractivity contribution is 5.75. The molecule has 18 heavy (non-hydrogen) atoms. The Labute approximate surface area is 105 Å². The fourth-order valence-corrected chi connectivity index (χ4v) is 2.22. The van der Waals surface area contributed by atoms with Gasteiger partial charge in [-0.25, -0.2) is 0 Å². The average molecular weight is 251 g/mol. The van der Waals surface area contributed by atoms with Crippen molar-refractivity contribution in [3.8, 4) is 0 Å². The molecular formula is C12H17N3O3. The van der Waals surface area contributed by atoms with Crippen LogP contribution in [-0.4, -0.2) is 30.2 Å². The van der Waals surface area contributed by atoms with E-state index in [2.05, 4.69) is 0 Å². The normalized spacial score (nSPS) is 24.0. The molecule has 0 spiro atoms. The summed E-state index contributed by atoms with van der Waals surface area (Å²) in [6.45, 7) is 5.13. The van der Waals surface area contributed by atoms with E-state index in [1.165, 1.54) is 0 Å². The van der Waals surface area contributed by atoms with Gasteiger partial charge in [-0.15, -0.1) is 0 Å². The summed E-state index contributed by atoms with van der Waals surface area (Å²) in [6.07, 6.45) is 0.0576. The van der Waals surface area contributed by atoms with Crippen LogP contribution >= 0.6 is 0 Å². The van der Waals surface area contributed by atoms with Crippen molar-refractivity contribution in [2.75, 3.05) is 23.8 Å². The van der Waals surface area contributed by atoms with Crippen molar-refractivity contribution < 1.29 is 9.66 Å². The summed E-state index contributed by atoms with van der Waals surface area (Å²) in [4.78, 5) is 12.7. The van der Waals surface area contributed by atoms with Crippen molar-refractivity contribution in [1.29, 1.82) is 0 Å². The number of nitrogens with two attached hydrogens (primary N) is 1. The first-order valence-electron chi connectivity index (χ1n) is 5.92. The molecule has 2 atom stereocenters. The first-order chi connectivity index (χ1) is 8.50. The lowest BCUT2D eigenvalue weighted by Gasteiger charge is -2.38. The number of morpholine rings is 1. The van der Waals surface area contributed by atoms with E-state index in [1.54, 1.807) is 18.2 Å². The summed E-state index contributed by atoms with van der Waals surface area (Å²) in [5, 5.41) is 11.1. The largest absolute Gasteiger partial charge is 0.393 e. The Balaban J connectivity index is 2.43. The summed E-state index contributed by atoms with van der Waals surface area (Å²) in [5.74, 6) is 0. The van der Waals surface area contributed by atoms with E-state index in [9.17, 15) is 10.1 Å². The number of hydrogen-bond acceptors (Lipinski definition) is 5. The second-order valence-electron chi connectivity index (χ2n) is 4.62. The van der Waals surface area contributed by atoms with Crippen LogP contribution in [0.3, 0.4) is 0 Å². The number of anilines is 2. The lowest BCUT2D eigenvalue weighted by Crippen LogP contribution is -2.47. The molecule has 1 aliphatic heterocycles. The number of benzene rings is 1. The maximum atomic E-state index is 11.1. The topological polar surface area (TPSA) is 81.6 Å². The van der Waals surface area contributed by atoms with Crippen molar-refractivity contribution in [3.63, 3.8) is 0 Å². The van der Waals surface area contributed by atoms with Crippen LogP contribution < -0.4 is 10.6 Å². The Morgan fingerprint density at radius 2 is 2.22 bits per heavy atom. The molecule has 0 amide bonds. The summed E-state index contributed by atoms with van der Waals surface area (Å²) in [5.41, 5.74) is 6.46. The zero-order valence-corrected chi connectivity index (χ0v) is 10.5. The molecule has 1 aliphatic rings. The maximum absolute atomic E-state index is 11.1. The van der Waals surface area contributed by atoms with Crippen LogP contribution in [0.4, 0.5) is 17.1 Å². The highest BCUT2D eigenvalue weighted by Gasteiger charge is 2.29. The molecule has 2 unspecified atom stereocenters. The maximum Gasteiger partial charge on any atom is 0.315 e. The zero-order chi connectivity index (χ0) is 13.3. The Hall–Kier alpha value is -1.82. The third-order valence-electron chi connectivity index (χ3n) is 3.15. The van der Waals surface area contributed by atoms with Gasteiger partial charge in [0.1, 0.15) is 11.4 Å². The molecule has 1 saturated heterocycles. The Bertz CT molecular complexity index is 464. The van der Waals surface area contributed by atoms with Crippen LogP contribution in [0.2, 0.25) is 0 Å². The van der Waals surface area contributed by atoms with Gasteiger partial charge in [-0.2, -0.15) is 0 Å². The van der Waals surface area contributed by atoms with Gasteiger partial charge in [0.25, 0.3) is 0 Å². The van der Waals surface area contributed by atoms with Crippen LogP contribution in [0.15, 0.2) is 18.2 Å². The number of nitro benzene ring substituents is 1. The zero-order valence-electron chi connectivity index (χ0n) is 10.5. The predicted octanol–water partition coefficient (Wildman–Crippen LogP) is 1.79. The predicted molar refractivity (Wildman–Crippen MR) is 69.7 cm³/mol. The van der Waals surface area contributed by atoms with E-state index >= 15 is 0 Å². The minimum Gasteiger partial charge on any atom is -0.393 e. The third kappa shape index (κ3) is 2.24. The van der Waals surface area contributed by atoms with E-state index < -0.39 is 4.92 Å². The van der Waals surface area contributed by atoms with Crippen LogP contribution in [0.1, 0.15) is 13.8 Å². The fourth-order valence-electron chi connectivity index (χ4n) is 2.22. The van der Waals surface area contributed by atoms with Crippen LogP contribution in [0.5, 0.6) is 0 Å². The quantitative estimate of drug-likeness (QED) is 0.492. The Kier molecular flexibility index (Phi) is 3.38. The Morgan fingerprint density at radius 1 is 1.50 bits per heavy atom. The number of nitrogen functional groups attached to an aromatic ring is 1. The van der Waals surface area contributed by atoms with Crippen molar-refractivity contribution in [3.05, 3.63) is 28.3 Å². The van der Waals surface area contributed by atoms with Gasteiger partial charge in [0, 0.05) is 12.6 Å². The highest BCUT2D eigenvalue weighted by atomic mass is 16.6. The number of rotatable bonds is 2. The fraction of sp³-hybridized carbons (Fsp3) is 0.500. The van der Waals surface area contributed by atoms with Gasteiger partial charge in [-0.05, 0) is 26.0 Å². The van der Waals surface area contributed by atoms with E-state index in [1.807, 2.05) is 18.7 Å². The summed E-state index contributed by atoms with van der Waals surface area (Å²) >= 11 is 0. The number of para-hydroxylation sites is 1. The van der Waals surface area contributed by atoms with Gasteiger partial charge in [-0.1, -0.05) is 6.07 Å². The molecule has 1 fully saturated rings. The minimum absolute atomic E-state index is 0.0153. The van der Waals surface area contributed by atoms with Gasteiger partial charge >= 0.3 is 5.69 Å². The monoisotopic (exact) mass is 251 g/mol. The van der Waals surface area contributed by atoms with Crippen molar-refractivity contribution in [1.82, 2.24) is 0 Å². The number of nitro groups is 1. The van der Waals surface area contributed by atoms with E-state index in [0.717, 1.165) is 0 Å². The van der Waals surface area contributed by atoms with E-state index in [0.29, 0.717) is 18.8 Å². The van der Waals surface area contributed by atoms with Gasteiger partial charge in [-0.3, -0.25) is 10.1 Å². The average Bonchev–Trinajstić information content (AvgIpc) is 2.31. The lowest BCUT2D eigenvalue weighted by molar-refractivity contribution is -0.383. The second-order valence-corrected chi connectivity index (χ2v) is 4.62. The molecule has 2 rings (SSSR count). The molecule has 0 aliphatic carbocycles. The van der Waals surface area contributed by atoms with Gasteiger partial charge in [0.2, 0.25) is 0 Å². The van der Waals surface area contributed by atoms with Crippen LogP contribution in [-0.2, 0) is 4.74 Å². The van der Waals surface area contributed by atoms with Gasteiger partial charge in [0.15, 0.2) is 0 Å². The molecule has 0 saturated carbocycles.